The molecule has 0 saturated heterocycles. The Labute approximate surface area is 310 Å². The van der Waals surface area contributed by atoms with E-state index in [0.717, 1.165) is 50.0 Å². The lowest BCUT2D eigenvalue weighted by atomic mass is 9.96. The maximum Gasteiger partial charge on any atom is 0.164 e. The van der Waals surface area contributed by atoms with Crippen molar-refractivity contribution in [2.45, 2.75) is 0 Å². The highest BCUT2D eigenvalue weighted by Crippen LogP contribution is 2.45. The molecule has 6 nitrogen and oxygen atoms in total. The average Bonchev–Trinajstić information content (AvgIpc) is 3.85. The fourth-order valence-corrected chi connectivity index (χ4v) is 8.03. The number of rotatable bonds is 5. The van der Waals surface area contributed by atoms with Crippen molar-refractivity contribution in [3.8, 4) is 45.5 Å². The Kier molecular flexibility index (Phi) is 6.75. The van der Waals surface area contributed by atoms with E-state index < -0.39 is 0 Å². The highest BCUT2D eigenvalue weighted by Gasteiger charge is 2.22. The standard InChI is InChI=1S/C48H30N6/c1-4-15-31(16-5-1)46-50-47(32-17-6-2-7-18-32)52-48(51-46)33-19-14-22-35(29-33)53-42-28-27-41-40(30-49-54(41)34-20-8-3-9-21-34)43(42)44-38-25-12-10-23-36(38)37-24-11-13-26-39(37)45(44)53/h1-30H. The van der Waals surface area contributed by atoms with Crippen LogP contribution in [0.2, 0.25) is 0 Å². The van der Waals surface area contributed by atoms with E-state index in [1.165, 1.54) is 32.3 Å². The largest absolute Gasteiger partial charge is 0.309 e. The Balaban J connectivity index is 1.22. The van der Waals surface area contributed by atoms with Gasteiger partial charge in [0.15, 0.2) is 17.5 Å². The van der Waals surface area contributed by atoms with Crippen LogP contribution in [0.5, 0.6) is 0 Å². The van der Waals surface area contributed by atoms with Gasteiger partial charge in [0, 0.05) is 43.9 Å². The summed E-state index contributed by atoms with van der Waals surface area (Å²) in [5.74, 6) is 1.89. The third-order valence-electron chi connectivity index (χ3n) is 10.4. The maximum atomic E-state index is 5.07. The highest BCUT2D eigenvalue weighted by molar-refractivity contribution is 6.35. The normalized spacial score (nSPS) is 11.7. The molecule has 11 rings (SSSR count). The van der Waals surface area contributed by atoms with Crippen LogP contribution in [0.15, 0.2) is 182 Å². The zero-order valence-corrected chi connectivity index (χ0v) is 29.0. The molecule has 0 saturated carbocycles. The molecule has 3 heterocycles. The average molecular weight is 691 g/mol. The van der Waals surface area contributed by atoms with Gasteiger partial charge in [-0.05, 0) is 52.6 Å². The summed E-state index contributed by atoms with van der Waals surface area (Å²) in [7, 11) is 0. The first-order valence-corrected chi connectivity index (χ1v) is 18.1. The minimum Gasteiger partial charge on any atom is -0.309 e. The molecular weight excluding hydrogens is 661 g/mol. The van der Waals surface area contributed by atoms with Gasteiger partial charge in [0.25, 0.3) is 0 Å². The Morgan fingerprint density at radius 1 is 0.352 bits per heavy atom. The van der Waals surface area contributed by atoms with Gasteiger partial charge in [-0.25, -0.2) is 19.6 Å². The SMILES string of the molecule is c1ccc(-c2nc(-c3ccccc3)nc(-c3cccc(-n4c5ccc6c(cnn6-c6ccccc6)c5c5c6ccccc6c6ccccc6c54)c3)n2)cc1. The molecule has 6 heteroatoms. The molecule has 0 N–H and O–H groups in total. The first kappa shape index (κ1) is 30.2. The molecule has 0 spiro atoms. The van der Waals surface area contributed by atoms with Gasteiger partial charge in [-0.15, -0.1) is 0 Å². The molecule has 0 radical (unpaired) electrons. The Bertz CT molecular complexity index is 3140. The lowest BCUT2D eigenvalue weighted by molar-refractivity contribution is 0.911. The number of para-hydroxylation sites is 1. The van der Waals surface area contributed by atoms with Crippen LogP contribution < -0.4 is 0 Å². The zero-order chi connectivity index (χ0) is 35.6. The van der Waals surface area contributed by atoms with E-state index in [0.29, 0.717) is 17.5 Å². The van der Waals surface area contributed by atoms with Crippen LogP contribution in [0.25, 0.3) is 99.8 Å². The van der Waals surface area contributed by atoms with E-state index in [1.807, 2.05) is 77.6 Å². The molecule has 3 aromatic heterocycles. The van der Waals surface area contributed by atoms with E-state index in [1.54, 1.807) is 0 Å². The maximum absolute atomic E-state index is 5.07. The Hall–Kier alpha value is -7.44. The summed E-state index contributed by atoms with van der Waals surface area (Å²) < 4.78 is 4.46. The number of hydrogen-bond donors (Lipinski definition) is 0. The van der Waals surface area contributed by atoms with Crippen LogP contribution in [0.3, 0.4) is 0 Å². The topological polar surface area (TPSA) is 61.4 Å². The summed E-state index contributed by atoms with van der Waals surface area (Å²) >= 11 is 0. The smallest absolute Gasteiger partial charge is 0.164 e. The van der Waals surface area contributed by atoms with Crippen LogP contribution in [-0.4, -0.2) is 29.3 Å². The highest BCUT2D eigenvalue weighted by atomic mass is 15.3. The summed E-state index contributed by atoms with van der Waals surface area (Å²) in [4.78, 5) is 15.1. The summed E-state index contributed by atoms with van der Waals surface area (Å²) in [5, 5.41) is 13.3. The fourth-order valence-electron chi connectivity index (χ4n) is 8.03. The van der Waals surface area contributed by atoms with Crippen LogP contribution in [0.4, 0.5) is 0 Å². The summed E-state index contributed by atoms with van der Waals surface area (Å²) in [5.41, 5.74) is 8.15. The Morgan fingerprint density at radius 3 is 1.52 bits per heavy atom. The molecule has 0 aliphatic heterocycles. The second-order valence-corrected chi connectivity index (χ2v) is 13.5. The van der Waals surface area contributed by atoms with Crippen molar-refractivity contribution in [2.24, 2.45) is 0 Å². The summed E-state index contributed by atoms with van der Waals surface area (Å²) in [6.45, 7) is 0. The van der Waals surface area contributed by atoms with Crippen molar-refractivity contribution in [3.63, 3.8) is 0 Å². The lowest BCUT2D eigenvalue weighted by Gasteiger charge is -2.13. The monoisotopic (exact) mass is 690 g/mol. The van der Waals surface area contributed by atoms with Crippen LogP contribution in [0.1, 0.15) is 0 Å². The molecule has 0 amide bonds. The molecule has 0 fully saturated rings. The van der Waals surface area contributed by atoms with E-state index >= 15 is 0 Å². The number of nitrogens with zero attached hydrogens (tertiary/aromatic N) is 6. The van der Waals surface area contributed by atoms with Gasteiger partial charge in [-0.1, -0.05) is 140 Å². The third kappa shape index (κ3) is 4.67. The fraction of sp³-hybridized carbons (Fsp3) is 0. The molecular formula is C48H30N6. The molecule has 11 aromatic rings. The van der Waals surface area contributed by atoms with Crippen molar-refractivity contribution in [1.29, 1.82) is 0 Å². The molecule has 0 aliphatic carbocycles. The molecule has 0 bridgehead atoms. The van der Waals surface area contributed by atoms with Gasteiger partial charge >= 0.3 is 0 Å². The van der Waals surface area contributed by atoms with Crippen LogP contribution >= 0.6 is 0 Å². The molecule has 8 aromatic carbocycles. The predicted molar refractivity (Wildman–Crippen MR) is 220 cm³/mol. The van der Waals surface area contributed by atoms with Crippen molar-refractivity contribution in [1.82, 2.24) is 29.3 Å². The van der Waals surface area contributed by atoms with Gasteiger partial charge in [-0.3, -0.25) is 0 Å². The Morgan fingerprint density at radius 2 is 0.852 bits per heavy atom. The number of aromatic nitrogens is 6. The number of fused-ring (bicyclic) bond motifs is 10. The van der Waals surface area contributed by atoms with Crippen LogP contribution in [0, 0.1) is 0 Å². The summed E-state index contributed by atoms with van der Waals surface area (Å²) in [6.07, 6.45) is 2.02. The van der Waals surface area contributed by atoms with E-state index in [4.69, 9.17) is 20.1 Å². The van der Waals surface area contributed by atoms with E-state index in [-0.39, 0.29) is 0 Å². The molecule has 0 aliphatic rings. The van der Waals surface area contributed by atoms with Gasteiger partial charge in [0.1, 0.15) is 0 Å². The second kappa shape index (κ2) is 12.1. The first-order valence-electron chi connectivity index (χ1n) is 18.1. The quantitative estimate of drug-likeness (QED) is 0.169. The minimum atomic E-state index is 0.618. The second-order valence-electron chi connectivity index (χ2n) is 13.5. The predicted octanol–water partition coefficient (Wildman–Crippen LogP) is 11.6. The van der Waals surface area contributed by atoms with E-state index in [2.05, 4.69) is 114 Å². The minimum absolute atomic E-state index is 0.618. The zero-order valence-electron chi connectivity index (χ0n) is 29.0. The molecule has 252 valence electrons. The lowest BCUT2D eigenvalue weighted by Crippen LogP contribution is -2.01. The number of hydrogen-bond acceptors (Lipinski definition) is 4. The van der Waals surface area contributed by atoms with Gasteiger partial charge in [0.2, 0.25) is 0 Å². The van der Waals surface area contributed by atoms with Crippen LogP contribution in [-0.2, 0) is 0 Å². The third-order valence-corrected chi connectivity index (χ3v) is 10.4. The molecule has 54 heavy (non-hydrogen) atoms. The first-order chi connectivity index (χ1) is 26.8. The van der Waals surface area contributed by atoms with Crippen molar-refractivity contribution in [3.05, 3.63) is 182 Å². The van der Waals surface area contributed by atoms with Crippen molar-refractivity contribution in [2.75, 3.05) is 0 Å². The molecule has 0 atom stereocenters. The van der Waals surface area contributed by atoms with Gasteiger partial charge in [-0.2, -0.15) is 5.10 Å². The van der Waals surface area contributed by atoms with E-state index in [9.17, 15) is 0 Å². The van der Waals surface area contributed by atoms with Crippen molar-refractivity contribution < 1.29 is 0 Å². The molecule has 0 unspecified atom stereocenters. The van der Waals surface area contributed by atoms with Gasteiger partial charge in [0.05, 0.1) is 28.4 Å². The van der Waals surface area contributed by atoms with Crippen molar-refractivity contribution >= 4 is 54.3 Å². The number of benzene rings is 8. The summed E-state index contributed by atoms with van der Waals surface area (Å²) in [6, 6.07) is 61.1. The van der Waals surface area contributed by atoms with Gasteiger partial charge < -0.3 is 4.57 Å².